The lowest BCUT2D eigenvalue weighted by Crippen LogP contribution is -2.19. The van der Waals surface area contributed by atoms with E-state index in [1.165, 1.54) is 4.88 Å². The summed E-state index contributed by atoms with van der Waals surface area (Å²) in [6.07, 6.45) is 2.37. The van der Waals surface area contributed by atoms with Gasteiger partial charge < -0.3 is 11.1 Å². The third-order valence-corrected chi connectivity index (χ3v) is 3.33. The van der Waals surface area contributed by atoms with Crippen LogP contribution in [-0.4, -0.2) is 12.5 Å². The van der Waals surface area contributed by atoms with Crippen molar-refractivity contribution >= 4 is 17.2 Å². The molecule has 3 N–H and O–H groups in total. The molecule has 15 heavy (non-hydrogen) atoms. The molecule has 0 bridgehead atoms. The van der Waals surface area contributed by atoms with Crippen molar-refractivity contribution in [3.63, 3.8) is 0 Å². The lowest BCUT2D eigenvalue weighted by molar-refractivity contribution is -0.118. The van der Waals surface area contributed by atoms with Crippen LogP contribution in [0.3, 0.4) is 0 Å². The van der Waals surface area contributed by atoms with E-state index in [1.54, 1.807) is 11.3 Å². The number of carbonyl (C=O) groups is 1. The molecule has 1 heterocycles. The van der Waals surface area contributed by atoms with Crippen LogP contribution >= 0.6 is 11.3 Å². The number of nitrogens with one attached hydrogen (secondary N) is 1. The van der Waals surface area contributed by atoms with Crippen molar-refractivity contribution in [2.45, 2.75) is 32.2 Å². The minimum atomic E-state index is -0.207. The van der Waals surface area contributed by atoms with E-state index in [0.29, 0.717) is 12.5 Å². The van der Waals surface area contributed by atoms with Crippen LogP contribution in [0.25, 0.3) is 0 Å². The average molecular weight is 226 g/mol. The van der Waals surface area contributed by atoms with E-state index < -0.39 is 0 Å². The van der Waals surface area contributed by atoms with Crippen molar-refractivity contribution in [1.82, 2.24) is 5.32 Å². The zero-order valence-corrected chi connectivity index (χ0v) is 9.85. The molecule has 84 valence electrons. The molecule has 0 saturated carbocycles. The topological polar surface area (TPSA) is 55.1 Å². The highest BCUT2D eigenvalue weighted by Crippen LogP contribution is 2.17. The molecule has 1 atom stereocenters. The summed E-state index contributed by atoms with van der Waals surface area (Å²) in [5.74, 6) is -0.207. The fourth-order valence-corrected chi connectivity index (χ4v) is 2.14. The van der Waals surface area contributed by atoms with Crippen LogP contribution in [0.1, 0.15) is 37.1 Å². The summed E-state index contributed by atoms with van der Waals surface area (Å²) in [5, 5.41) is 5.50. The number of nitrogens with two attached hydrogens (primary N) is 1. The lowest BCUT2D eigenvalue weighted by Gasteiger charge is -2.11. The summed E-state index contributed by atoms with van der Waals surface area (Å²) < 4.78 is 0. The molecular formula is C11H18N2OS. The summed E-state index contributed by atoms with van der Waals surface area (Å²) in [5.41, 5.74) is 5.05. The van der Waals surface area contributed by atoms with E-state index >= 15 is 0 Å². The highest BCUT2D eigenvalue weighted by atomic mass is 32.1. The maximum absolute atomic E-state index is 10.5. The molecule has 3 nitrogen and oxygen atoms in total. The first-order valence-corrected chi connectivity index (χ1v) is 6.13. The van der Waals surface area contributed by atoms with Gasteiger partial charge in [0.2, 0.25) is 5.91 Å². The van der Waals surface area contributed by atoms with Gasteiger partial charge in [-0.15, -0.1) is 11.3 Å². The van der Waals surface area contributed by atoms with Crippen LogP contribution < -0.4 is 11.1 Å². The maximum atomic E-state index is 10.5. The SMILES string of the molecule is CC(NCCCCC(N)=O)c1cccs1. The van der Waals surface area contributed by atoms with E-state index in [2.05, 4.69) is 29.8 Å². The van der Waals surface area contributed by atoms with Gasteiger partial charge in [-0.25, -0.2) is 0 Å². The molecule has 1 amide bonds. The van der Waals surface area contributed by atoms with Gasteiger partial charge in [0.1, 0.15) is 0 Å². The van der Waals surface area contributed by atoms with Gasteiger partial charge in [0.15, 0.2) is 0 Å². The van der Waals surface area contributed by atoms with Gasteiger partial charge in [0.25, 0.3) is 0 Å². The lowest BCUT2D eigenvalue weighted by atomic mass is 10.2. The Morgan fingerprint density at radius 2 is 2.40 bits per heavy atom. The second-order valence-corrected chi connectivity index (χ2v) is 4.59. The van der Waals surface area contributed by atoms with E-state index in [-0.39, 0.29) is 5.91 Å². The molecule has 1 unspecified atom stereocenters. The third kappa shape index (κ3) is 4.95. The monoisotopic (exact) mass is 226 g/mol. The fourth-order valence-electron chi connectivity index (χ4n) is 1.38. The molecule has 0 aliphatic heterocycles. The number of hydrogen-bond donors (Lipinski definition) is 2. The van der Waals surface area contributed by atoms with Crippen LogP contribution in [0, 0.1) is 0 Å². The first-order chi connectivity index (χ1) is 7.20. The zero-order valence-electron chi connectivity index (χ0n) is 9.03. The molecule has 4 heteroatoms. The Morgan fingerprint density at radius 3 is 3.00 bits per heavy atom. The summed E-state index contributed by atoms with van der Waals surface area (Å²) in [6.45, 7) is 3.09. The molecule has 0 aliphatic rings. The molecule has 0 saturated heterocycles. The second kappa shape index (κ2) is 6.58. The van der Waals surface area contributed by atoms with Gasteiger partial charge >= 0.3 is 0 Å². The fraction of sp³-hybridized carbons (Fsp3) is 0.545. The number of thiophene rings is 1. The number of primary amides is 1. The minimum Gasteiger partial charge on any atom is -0.370 e. The quantitative estimate of drug-likeness (QED) is 0.699. The molecule has 0 aliphatic carbocycles. The summed E-state index contributed by atoms with van der Waals surface area (Å²) in [4.78, 5) is 11.8. The van der Waals surface area contributed by atoms with Crippen molar-refractivity contribution in [3.8, 4) is 0 Å². The summed E-state index contributed by atoms with van der Waals surface area (Å²) in [7, 11) is 0. The number of rotatable bonds is 7. The molecule has 1 aromatic rings. The highest BCUT2D eigenvalue weighted by Gasteiger charge is 2.04. The van der Waals surface area contributed by atoms with Crippen LogP contribution in [0.2, 0.25) is 0 Å². The molecular weight excluding hydrogens is 208 g/mol. The van der Waals surface area contributed by atoms with Crippen molar-refractivity contribution in [1.29, 1.82) is 0 Å². The normalized spacial score (nSPS) is 12.6. The maximum Gasteiger partial charge on any atom is 0.217 e. The van der Waals surface area contributed by atoms with Crippen LogP contribution in [0.15, 0.2) is 17.5 Å². The first-order valence-electron chi connectivity index (χ1n) is 5.25. The number of amides is 1. The first kappa shape index (κ1) is 12.2. The number of unbranched alkanes of at least 4 members (excludes halogenated alkanes) is 1. The predicted octanol–water partition coefficient (Wildman–Crippen LogP) is 2.05. The van der Waals surface area contributed by atoms with E-state index in [9.17, 15) is 4.79 Å². The zero-order chi connectivity index (χ0) is 11.1. The van der Waals surface area contributed by atoms with Crippen molar-refractivity contribution in [2.75, 3.05) is 6.54 Å². The molecule has 1 rings (SSSR count). The average Bonchev–Trinajstić information content (AvgIpc) is 2.69. The van der Waals surface area contributed by atoms with Gasteiger partial charge in [0.05, 0.1) is 0 Å². The molecule has 0 fully saturated rings. The molecule has 0 aromatic carbocycles. The van der Waals surface area contributed by atoms with E-state index in [0.717, 1.165) is 19.4 Å². The Kier molecular flexibility index (Phi) is 5.36. The van der Waals surface area contributed by atoms with Gasteiger partial charge in [-0.2, -0.15) is 0 Å². The number of hydrogen-bond acceptors (Lipinski definition) is 3. The Hall–Kier alpha value is -0.870. The third-order valence-electron chi connectivity index (χ3n) is 2.27. The Balaban J connectivity index is 2.08. The standard InChI is InChI=1S/C11H18N2OS/c1-9(10-5-4-8-15-10)13-7-3-2-6-11(12)14/h4-5,8-9,13H,2-3,6-7H2,1H3,(H2,12,14). The van der Waals surface area contributed by atoms with Crippen molar-refractivity contribution in [3.05, 3.63) is 22.4 Å². The summed E-state index contributed by atoms with van der Waals surface area (Å²) in [6, 6.07) is 4.59. The van der Waals surface area contributed by atoms with E-state index in [4.69, 9.17) is 5.73 Å². The summed E-state index contributed by atoms with van der Waals surface area (Å²) >= 11 is 1.76. The number of carbonyl (C=O) groups excluding carboxylic acids is 1. The van der Waals surface area contributed by atoms with Gasteiger partial charge in [-0.1, -0.05) is 6.07 Å². The molecule has 0 spiro atoms. The minimum absolute atomic E-state index is 0.207. The van der Waals surface area contributed by atoms with Gasteiger partial charge in [-0.05, 0) is 37.8 Å². The van der Waals surface area contributed by atoms with Crippen molar-refractivity contribution < 1.29 is 4.79 Å². The molecule has 0 radical (unpaired) electrons. The van der Waals surface area contributed by atoms with Gasteiger partial charge in [-0.3, -0.25) is 4.79 Å². The van der Waals surface area contributed by atoms with Crippen molar-refractivity contribution in [2.24, 2.45) is 5.73 Å². The Morgan fingerprint density at radius 1 is 1.60 bits per heavy atom. The van der Waals surface area contributed by atoms with Gasteiger partial charge in [0, 0.05) is 17.3 Å². The predicted molar refractivity (Wildman–Crippen MR) is 63.8 cm³/mol. The van der Waals surface area contributed by atoms with Crippen LogP contribution in [0.5, 0.6) is 0 Å². The highest BCUT2D eigenvalue weighted by molar-refractivity contribution is 7.10. The largest absolute Gasteiger partial charge is 0.370 e. The van der Waals surface area contributed by atoms with E-state index in [1.807, 2.05) is 0 Å². The smallest absolute Gasteiger partial charge is 0.217 e. The molecule has 1 aromatic heterocycles. The Labute approximate surface area is 94.7 Å². The second-order valence-electron chi connectivity index (χ2n) is 3.61. The van der Waals surface area contributed by atoms with Crippen LogP contribution in [0.4, 0.5) is 0 Å². The van der Waals surface area contributed by atoms with Crippen LogP contribution in [-0.2, 0) is 4.79 Å². The Bertz CT molecular complexity index is 285.